The Morgan fingerprint density at radius 1 is 1.27 bits per heavy atom. The van der Waals surface area contributed by atoms with Crippen LogP contribution in [0.2, 0.25) is 0 Å². The van der Waals surface area contributed by atoms with Crippen molar-refractivity contribution in [3.05, 3.63) is 0 Å². The molecular weight excluding hydrogens is 196 g/mol. The van der Waals surface area contributed by atoms with Gasteiger partial charge in [0.15, 0.2) is 0 Å². The monoisotopic (exact) mass is 218 g/mol. The van der Waals surface area contributed by atoms with E-state index >= 15 is 0 Å². The molecule has 0 atom stereocenters. The van der Waals surface area contributed by atoms with Gasteiger partial charge in [-0.25, -0.2) is 4.79 Å². The van der Waals surface area contributed by atoms with Gasteiger partial charge in [0.05, 0.1) is 6.61 Å². The molecule has 0 heterocycles. The Morgan fingerprint density at radius 3 is 2.47 bits per heavy atom. The predicted molar refractivity (Wildman–Crippen MR) is 58.2 cm³/mol. The van der Waals surface area contributed by atoms with Crippen molar-refractivity contribution in [2.24, 2.45) is 5.73 Å². The van der Waals surface area contributed by atoms with Gasteiger partial charge in [-0.15, -0.1) is 0 Å². The molecule has 0 spiro atoms. The summed E-state index contributed by atoms with van der Waals surface area (Å²) in [7, 11) is 0. The Labute approximate surface area is 91.3 Å². The van der Waals surface area contributed by atoms with Crippen molar-refractivity contribution in [2.45, 2.75) is 45.6 Å². The van der Waals surface area contributed by atoms with E-state index in [-0.39, 0.29) is 0 Å². The van der Waals surface area contributed by atoms with E-state index in [1.54, 1.807) is 20.8 Å². The summed E-state index contributed by atoms with van der Waals surface area (Å²) < 4.78 is 4.97. The summed E-state index contributed by atoms with van der Waals surface area (Å²) in [6.45, 7) is 6.58. The first kappa shape index (κ1) is 14.2. The third kappa shape index (κ3) is 11.1. The van der Waals surface area contributed by atoms with E-state index in [1.807, 2.05) is 0 Å². The molecule has 0 aliphatic heterocycles. The average molecular weight is 218 g/mol. The van der Waals surface area contributed by atoms with E-state index in [2.05, 4.69) is 5.48 Å². The SMILES string of the molecule is CC(C)(C)OC(=O)NOCCCCCN. The molecule has 5 nitrogen and oxygen atoms in total. The molecule has 0 aromatic carbocycles. The van der Waals surface area contributed by atoms with Crippen molar-refractivity contribution >= 4 is 6.09 Å². The normalized spacial score (nSPS) is 11.2. The lowest BCUT2D eigenvalue weighted by Gasteiger charge is -2.19. The number of hydroxylamine groups is 1. The fourth-order valence-electron chi connectivity index (χ4n) is 0.904. The van der Waals surface area contributed by atoms with Gasteiger partial charge in [0.1, 0.15) is 5.60 Å². The zero-order valence-electron chi connectivity index (χ0n) is 9.84. The van der Waals surface area contributed by atoms with Crippen LogP contribution in [0.3, 0.4) is 0 Å². The van der Waals surface area contributed by atoms with Crippen molar-refractivity contribution in [1.29, 1.82) is 0 Å². The van der Waals surface area contributed by atoms with Gasteiger partial charge in [0.2, 0.25) is 0 Å². The van der Waals surface area contributed by atoms with Crippen LogP contribution in [-0.4, -0.2) is 24.8 Å². The van der Waals surface area contributed by atoms with Crippen LogP contribution >= 0.6 is 0 Å². The molecule has 0 unspecified atom stereocenters. The van der Waals surface area contributed by atoms with Gasteiger partial charge in [0.25, 0.3) is 0 Å². The van der Waals surface area contributed by atoms with E-state index in [4.69, 9.17) is 15.3 Å². The summed E-state index contributed by atoms with van der Waals surface area (Å²) in [4.78, 5) is 16.0. The number of unbranched alkanes of at least 4 members (excludes halogenated alkanes) is 2. The Balaban J connectivity index is 3.32. The first-order valence-corrected chi connectivity index (χ1v) is 5.26. The number of hydrogen-bond donors (Lipinski definition) is 2. The third-order valence-corrected chi connectivity index (χ3v) is 1.50. The number of hydrogen-bond acceptors (Lipinski definition) is 4. The fourth-order valence-corrected chi connectivity index (χ4v) is 0.904. The standard InChI is InChI=1S/C10H22N2O3/c1-10(2,3)15-9(13)12-14-8-6-4-5-7-11/h4-8,11H2,1-3H3,(H,12,13). The molecule has 5 heteroatoms. The van der Waals surface area contributed by atoms with E-state index in [9.17, 15) is 4.79 Å². The molecule has 0 fully saturated rings. The summed E-state index contributed by atoms with van der Waals surface area (Å²) in [5, 5.41) is 0. The first-order valence-electron chi connectivity index (χ1n) is 5.26. The second-order valence-corrected chi connectivity index (χ2v) is 4.30. The summed E-state index contributed by atoms with van der Waals surface area (Å²) in [5.74, 6) is 0. The van der Waals surface area contributed by atoms with Gasteiger partial charge in [0, 0.05) is 0 Å². The maximum absolute atomic E-state index is 11.1. The number of nitrogens with two attached hydrogens (primary N) is 1. The molecule has 0 aliphatic carbocycles. The quantitative estimate of drug-likeness (QED) is 0.524. The van der Waals surface area contributed by atoms with Crippen LogP contribution in [0.4, 0.5) is 4.79 Å². The summed E-state index contributed by atoms with van der Waals surface area (Å²) in [6, 6.07) is 0. The number of carbonyl (C=O) groups is 1. The van der Waals surface area contributed by atoms with E-state index in [0.29, 0.717) is 13.2 Å². The van der Waals surface area contributed by atoms with Gasteiger partial charge in [-0.05, 0) is 46.6 Å². The fraction of sp³-hybridized carbons (Fsp3) is 0.900. The summed E-state index contributed by atoms with van der Waals surface area (Å²) in [6.07, 6.45) is 2.32. The molecule has 15 heavy (non-hydrogen) atoms. The number of ether oxygens (including phenoxy) is 1. The van der Waals surface area contributed by atoms with Crippen LogP contribution < -0.4 is 11.2 Å². The van der Waals surface area contributed by atoms with Crippen LogP contribution in [0.5, 0.6) is 0 Å². The first-order chi connectivity index (χ1) is 6.95. The second kappa shape index (κ2) is 7.48. The maximum atomic E-state index is 11.1. The molecule has 0 aliphatic rings. The Morgan fingerprint density at radius 2 is 1.93 bits per heavy atom. The minimum atomic E-state index is -0.554. The van der Waals surface area contributed by atoms with Gasteiger partial charge in [-0.1, -0.05) is 0 Å². The lowest BCUT2D eigenvalue weighted by molar-refractivity contribution is -0.00856. The highest BCUT2D eigenvalue weighted by atomic mass is 16.7. The second-order valence-electron chi connectivity index (χ2n) is 4.30. The maximum Gasteiger partial charge on any atom is 0.431 e. The molecule has 0 rings (SSSR count). The molecule has 1 amide bonds. The van der Waals surface area contributed by atoms with Gasteiger partial charge < -0.3 is 10.5 Å². The molecule has 90 valence electrons. The van der Waals surface area contributed by atoms with Crippen LogP contribution in [0.15, 0.2) is 0 Å². The Kier molecular flexibility index (Phi) is 7.07. The molecular formula is C10H22N2O3. The van der Waals surface area contributed by atoms with Gasteiger partial charge in [-0.3, -0.25) is 4.84 Å². The predicted octanol–water partition coefficient (Wildman–Crippen LogP) is 1.57. The number of nitrogens with one attached hydrogen (secondary N) is 1. The molecule has 3 N–H and O–H groups in total. The van der Waals surface area contributed by atoms with Crippen LogP contribution in [0.25, 0.3) is 0 Å². The van der Waals surface area contributed by atoms with E-state index < -0.39 is 11.7 Å². The molecule has 0 bridgehead atoms. The highest BCUT2D eigenvalue weighted by Crippen LogP contribution is 2.06. The Hall–Kier alpha value is -0.810. The number of rotatable bonds is 6. The molecule has 0 aromatic rings. The van der Waals surface area contributed by atoms with Crippen molar-refractivity contribution in [3.63, 3.8) is 0 Å². The van der Waals surface area contributed by atoms with Crippen molar-refractivity contribution in [2.75, 3.05) is 13.2 Å². The van der Waals surface area contributed by atoms with Crippen LogP contribution in [-0.2, 0) is 9.57 Å². The number of carbonyl (C=O) groups excluding carboxylic acids is 1. The topological polar surface area (TPSA) is 73.6 Å². The van der Waals surface area contributed by atoms with Gasteiger partial charge in [-0.2, -0.15) is 5.48 Å². The lowest BCUT2D eigenvalue weighted by Crippen LogP contribution is -2.32. The highest BCUT2D eigenvalue weighted by molar-refractivity contribution is 5.66. The molecule has 0 radical (unpaired) electrons. The van der Waals surface area contributed by atoms with E-state index in [1.165, 1.54) is 0 Å². The van der Waals surface area contributed by atoms with Crippen molar-refractivity contribution < 1.29 is 14.4 Å². The highest BCUT2D eigenvalue weighted by Gasteiger charge is 2.15. The largest absolute Gasteiger partial charge is 0.442 e. The minimum absolute atomic E-state index is 0.485. The third-order valence-electron chi connectivity index (χ3n) is 1.50. The summed E-state index contributed by atoms with van der Waals surface area (Å²) >= 11 is 0. The number of amides is 1. The molecule has 0 saturated heterocycles. The average Bonchev–Trinajstić information content (AvgIpc) is 2.08. The van der Waals surface area contributed by atoms with Crippen molar-refractivity contribution in [1.82, 2.24) is 5.48 Å². The molecule has 0 aromatic heterocycles. The summed E-state index contributed by atoms with van der Waals surface area (Å²) in [5.41, 5.74) is 7.06. The zero-order chi connectivity index (χ0) is 11.7. The Bertz CT molecular complexity index is 178. The lowest BCUT2D eigenvalue weighted by atomic mass is 10.2. The van der Waals surface area contributed by atoms with Crippen molar-refractivity contribution in [3.8, 4) is 0 Å². The van der Waals surface area contributed by atoms with E-state index in [0.717, 1.165) is 19.3 Å². The molecule has 0 saturated carbocycles. The van der Waals surface area contributed by atoms with Crippen LogP contribution in [0.1, 0.15) is 40.0 Å². The smallest absolute Gasteiger partial charge is 0.431 e. The van der Waals surface area contributed by atoms with Gasteiger partial charge >= 0.3 is 6.09 Å². The zero-order valence-corrected chi connectivity index (χ0v) is 9.84. The van der Waals surface area contributed by atoms with Crippen LogP contribution in [0, 0.1) is 0 Å². The minimum Gasteiger partial charge on any atom is -0.442 e.